The van der Waals surface area contributed by atoms with Crippen LogP contribution in [0.5, 0.6) is 0 Å². The van der Waals surface area contributed by atoms with Crippen LogP contribution in [0.25, 0.3) is 0 Å². The molecule has 1 aromatic rings. The van der Waals surface area contributed by atoms with E-state index in [0.717, 1.165) is 15.5 Å². The second-order valence-electron chi connectivity index (χ2n) is 2.64. The van der Waals surface area contributed by atoms with E-state index in [9.17, 15) is 0 Å². The lowest BCUT2D eigenvalue weighted by molar-refractivity contribution is 0.292. The Kier molecular flexibility index (Phi) is 4.94. The van der Waals surface area contributed by atoms with Gasteiger partial charge >= 0.3 is 0 Å². The van der Waals surface area contributed by atoms with Gasteiger partial charge in [-0.1, -0.05) is 31.9 Å². The Morgan fingerprint density at radius 1 is 1.31 bits per heavy atom. The van der Waals surface area contributed by atoms with Crippen molar-refractivity contribution in [3.63, 3.8) is 0 Å². The molecule has 0 fully saturated rings. The third-order valence-electron chi connectivity index (χ3n) is 1.61. The standard InChI is InChI=1S/C9H11Br2NO/c10-8-1-2-9(11)7(5-8)6-12-3-4-13/h1-2,5,12-13H,3-4,6H2. The van der Waals surface area contributed by atoms with Crippen LogP contribution < -0.4 is 5.32 Å². The largest absolute Gasteiger partial charge is 0.395 e. The number of hydrogen-bond acceptors (Lipinski definition) is 2. The molecule has 0 aromatic heterocycles. The van der Waals surface area contributed by atoms with E-state index in [1.807, 2.05) is 12.1 Å². The molecule has 0 saturated carbocycles. The average molecular weight is 309 g/mol. The summed E-state index contributed by atoms with van der Waals surface area (Å²) in [4.78, 5) is 0. The fourth-order valence-corrected chi connectivity index (χ4v) is 1.78. The van der Waals surface area contributed by atoms with Gasteiger partial charge in [0.1, 0.15) is 0 Å². The van der Waals surface area contributed by atoms with Gasteiger partial charge in [0.15, 0.2) is 0 Å². The van der Waals surface area contributed by atoms with Crippen LogP contribution >= 0.6 is 31.9 Å². The van der Waals surface area contributed by atoms with Gasteiger partial charge in [0.25, 0.3) is 0 Å². The van der Waals surface area contributed by atoms with Gasteiger partial charge in [-0.2, -0.15) is 0 Å². The average Bonchev–Trinajstić information content (AvgIpc) is 2.11. The van der Waals surface area contributed by atoms with Gasteiger partial charge < -0.3 is 10.4 Å². The van der Waals surface area contributed by atoms with Gasteiger partial charge in [-0.3, -0.25) is 0 Å². The highest BCUT2D eigenvalue weighted by molar-refractivity contribution is 9.11. The minimum atomic E-state index is 0.172. The Hall–Kier alpha value is 0.1000. The van der Waals surface area contributed by atoms with E-state index in [-0.39, 0.29) is 6.61 Å². The zero-order chi connectivity index (χ0) is 9.68. The third-order valence-corrected chi connectivity index (χ3v) is 2.88. The number of nitrogens with one attached hydrogen (secondary N) is 1. The second-order valence-corrected chi connectivity index (χ2v) is 4.41. The van der Waals surface area contributed by atoms with Crippen LogP contribution in [-0.4, -0.2) is 18.3 Å². The number of aliphatic hydroxyl groups is 1. The maximum Gasteiger partial charge on any atom is 0.0556 e. The van der Waals surface area contributed by atoms with E-state index in [1.54, 1.807) is 0 Å². The summed E-state index contributed by atoms with van der Waals surface area (Å²) in [5.74, 6) is 0. The lowest BCUT2D eigenvalue weighted by atomic mass is 10.2. The van der Waals surface area contributed by atoms with Crippen molar-refractivity contribution in [2.45, 2.75) is 6.54 Å². The maximum atomic E-state index is 8.58. The Bertz CT molecular complexity index is 278. The van der Waals surface area contributed by atoms with Crippen molar-refractivity contribution in [1.29, 1.82) is 0 Å². The predicted molar refractivity (Wildman–Crippen MR) is 60.6 cm³/mol. The van der Waals surface area contributed by atoms with E-state index in [1.165, 1.54) is 5.56 Å². The first-order chi connectivity index (χ1) is 6.24. The van der Waals surface area contributed by atoms with Crippen LogP contribution in [0.1, 0.15) is 5.56 Å². The first-order valence-corrected chi connectivity index (χ1v) is 5.58. The Labute approximate surface area is 94.6 Å². The van der Waals surface area contributed by atoms with Gasteiger partial charge in [0, 0.05) is 22.0 Å². The van der Waals surface area contributed by atoms with Crippen molar-refractivity contribution in [3.8, 4) is 0 Å². The third kappa shape index (κ3) is 3.77. The Morgan fingerprint density at radius 3 is 2.77 bits per heavy atom. The topological polar surface area (TPSA) is 32.3 Å². The summed E-state index contributed by atoms with van der Waals surface area (Å²) >= 11 is 6.87. The number of halogens is 2. The number of hydrogen-bond donors (Lipinski definition) is 2. The monoisotopic (exact) mass is 307 g/mol. The van der Waals surface area contributed by atoms with Crippen molar-refractivity contribution in [2.75, 3.05) is 13.2 Å². The lowest BCUT2D eigenvalue weighted by Crippen LogP contribution is -2.17. The highest BCUT2D eigenvalue weighted by Crippen LogP contribution is 2.21. The fourth-order valence-electron chi connectivity index (χ4n) is 0.981. The van der Waals surface area contributed by atoms with Gasteiger partial charge in [0.05, 0.1) is 6.61 Å². The van der Waals surface area contributed by atoms with E-state index in [0.29, 0.717) is 6.54 Å². The molecule has 0 aliphatic rings. The fraction of sp³-hybridized carbons (Fsp3) is 0.333. The van der Waals surface area contributed by atoms with Gasteiger partial charge in [0.2, 0.25) is 0 Å². The Morgan fingerprint density at radius 2 is 2.08 bits per heavy atom. The molecule has 0 aliphatic carbocycles. The molecule has 2 N–H and O–H groups in total. The van der Waals surface area contributed by atoms with Crippen LogP contribution in [0.15, 0.2) is 27.1 Å². The second kappa shape index (κ2) is 5.75. The molecule has 0 bridgehead atoms. The normalized spacial score (nSPS) is 10.4. The number of aliphatic hydroxyl groups excluding tert-OH is 1. The molecule has 0 unspecified atom stereocenters. The predicted octanol–water partition coefficient (Wildman–Crippen LogP) is 2.29. The first-order valence-electron chi connectivity index (χ1n) is 3.99. The van der Waals surface area contributed by atoms with Crippen LogP contribution in [-0.2, 0) is 6.54 Å². The lowest BCUT2D eigenvalue weighted by Gasteiger charge is -2.05. The van der Waals surface area contributed by atoms with Crippen LogP contribution in [0, 0.1) is 0 Å². The minimum Gasteiger partial charge on any atom is -0.395 e. The molecule has 4 heteroatoms. The van der Waals surface area contributed by atoms with Crippen LogP contribution in [0.4, 0.5) is 0 Å². The molecule has 0 heterocycles. The van der Waals surface area contributed by atoms with Gasteiger partial charge in [-0.15, -0.1) is 0 Å². The molecular weight excluding hydrogens is 298 g/mol. The van der Waals surface area contributed by atoms with Crippen LogP contribution in [0.2, 0.25) is 0 Å². The summed E-state index contributed by atoms with van der Waals surface area (Å²) in [5.41, 5.74) is 1.18. The molecular formula is C9H11Br2NO. The summed E-state index contributed by atoms with van der Waals surface area (Å²) in [5, 5.41) is 11.7. The van der Waals surface area contributed by atoms with Gasteiger partial charge in [-0.25, -0.2) is 0 Å². The molecule has 0 atom stereocenters. The summed E-state index contributed by atoms with van der Waals surface area (Å²) in [6.07, 6.45) is 0. The molecule has 1 aromatic carbocycles. The highest BCUT2D eigenvalue weighted by atomic mass is 79.9. The van der Waals surface area contributed by atoms with Crippen molar-refractivity contribution in [2.24, 2.45) is 0 Å². The molecule has 0 radical (unpaired) electrons. The zero-order valence-corrected chi connectivity index (χ0v) is 10.2. The van der Waals surface area contributed by atoms with Gasteiger partial charge in [-0.05, 0) is 23.8 Å². The van der Waals surface area contributed by atoms with Crippen molar-refractivity contribution < 1.29 is 5.11 Å². The SMILES string of the molecule is OCCNCc1cc(Br)ccc1Br. The molecule has 0 aliphatic heterocycles. The molecule has 0 saturated heterocycles. The first kappa shape index (κ1) is 11.2. The van der Waals surface area contributed by atoms with E-state index < -0.39 is 0 Å². The molecule has 13 heavy (non-hydrogen) atoms. The summed E-state index contributed by atoms with van der Waals surface area (Å²) < 4.78 is 2.15. The van der Waals surface area contributed by atoms with Crippen LogP contribution in [0.3, 0.4) is 0 Å². The van der Waals surface area contributed by atoms with Crippen molar-refractivity contribution in [3.05, 3.63) is 32.7 Å². The molecule has 72 valence electrons. The Balaban J connectivity index is 2.59. The highest BCUT2D eigenvalue weighted by Gasteiger charge is 1.99. The quantitative estimate of drug-likeness (QED) is 0.837. The zero-order valence-electron chi connectivity index (χ0n) is 7.06. The van der Waals surface area contributed by atoms with E-state index in [2.05, 4.69) is 43.2 Å². The summed E-state index contributed by atoms with van der Waals surface area (Å²) in [6.45, 7) is 1.56. The minimum absolute atomic E-state index is 0.172. The molecule has 0 amide bonds. The summed E-state index contributed by atoms with van der Waals surface area (Å²) in [7, 11) is 0. The van der Waals surface area contributed by atoms with E-state index in [4.69, 9.17) is 5.11 Å². The molecule has 1 rings (SSSR count). The molecule has 0 spiro atoms. The maximum absolute atomic E-state index is 8.58. The van der Waals surface area contributed by atoms with Crippen molar-refractivity contribution in [1.82, 2.24) is 5.32 Å². The van der Waals surface area contributed by atoms with Crippen molar-refractivity contribution >= 4 is 31.9 Å². The summed E-state index contributed by atoms with van der Waals surface area (Å²) in [6, 6.07) is 6.04. The number of benzene rings is 1. The molecule has 2 nitrogen and oxygen atoms in total. The van der Waals surface area contributed by atoms with E-state index >= 15 is 0 Å². The smallest absolute Gasteiger partial charge is 0.0556 e. The number of rotatable bonds is 4.